The van der Waals surface area contributed by atoms with Crippen molar-refractivity contribution in [2.75, 3.05) is 13.1 Å². The molecule has 1 aliphatic rings. The molecule has 0 N–H and O–H groups in total. The number of hydrogen-bond acceptors (Lipinski definition) is 1. The average Bonchev–Trinajstić information content (AvgIpc) is 2.63. The van der Waals surface area contributed by atoms with E-state index in [1.807, 2.05) is 41.3 Å². The summed E-state index contributed by atoms with van der Waals surface area (Å²) in [6.07, 6.45) is 6.16. The molecule has 3 rings (SSSR count). The number of carbonyl (C=O) groups is 1. The van der Waals surface area contributed by atoms with Crippen LogP contribution in [0.5, 0.6) is 0 Å². The van der Waals surface area contributed by atoms with E-state index in [2.05, 4.69) is 36.9 Å². The lowest BCUT2D eigenvalue weighted by Crippen LogP contribution is -2.47. The molecule has 24 heavy (non-hydrogen) atoms. The van der Waals surface area contributed by atoms with Crippen molar-refractivity contribution < 1.29 is 4.79 Å². The maximum absolute atomic E-state index is 12.8. The topological polar surface area (TPSA) is 20.3 Å². The largest absolute Gasteiger partial charge is 0.338 e. The van der Waals surface area contributed by atoms with Crippen LogP contribution in [0.3, 0.4) is 0 Å². The van der Waals surface area contributed by atoms with Crippen molar-refractivity contribution in [2.45, 2.75) is 25.7 Å². The highest BCUT2D eigenvalue weighted by Crippen LogP contribution is 2.37. The van der Waals surface area contributed by atoms with E-state index in [1.165, 1.54) is 5.56 Å². The van der Waals surface area contributed by atoms with Gasteiger partial charge in [0.25, 0.3) is 5.91 Å². The molecule has 2 heteroatoms. The van der Waals surface area contributed by atoms with Gasteiger partial charge in [-0.25, -0.2) is 0 Å². The van der Waals surface area contributed by atoms with Gasteiger partial charge in [0.2, 0.25) is 0 Å². The van der Waals surface area contributed by atoms with E-state index < -0.39 is 0 Å². The van der Waals surface area contributed by atoms with Gasteiger partial charge in [-0.3, -0.25) is 4.79 Å². The van der Waals surface area contributed by atoms with Crippen molar-refractivity contribution in [3.05, 3.63) is 84.4 Å². The summed E-state index contributed by atoms with van der Waals surface area (Å²) in [6, 6.07) is 20.2. The van der Waals surface area contributed by atoms with Gasteiger partial charge in [0, 0.05) is 18.7 Å². The van der Waals surface area contributed by atoms with Crippen molar-refractivity contribution in [2.24, 2.45) is 5.41 Å². The second-order valence-corrected chi connectivity index (χ2v) is 6.85. The quantitative estimate of drug-likeness (QED) is 0.730. The van der Waals surface area contributed by atoms with Gasteiger partial charge < -0.3 is 4.90 Å². The number of allylic oxidation sites excluding steroid dienone is 1. The molecular formula is C22H25NO. The molecule has 0 unspecified atom stereocenters. The Bertz CT molecular complexity index is 680. The van der Waals surface area contributed by atoms with Crippen molar-refractivity contribution in [1.82, 2.24) is 4.90 Å². The standard InChI is InChI=1S/C22H25NO/c1-2-14-22(17-19-10-5-3-6-11-19)15-9-16-23(18-22)21(24)20-12-7-4-8-13-20/h2-8,10-13H,1,9,14-18H2/t22-/m1/s1. The van der Waals surface area contributed by atoms with Crippen molar-refractivity contribution in [3.8, 4) is 0 Å². The summed E-state index contributed by atoms with van der Waals surface area (Å²) in [4.78, 5) is 14.9. The first-order valence-corrected chi connectivity index (χ1v) is 8.72. The predicted molar refractivity (Wildman–Crippen MR) is 99.0 cm³/mol. The zero-order valence-corrected chi connectivity index (χ0v) is 14.2. The van der Waals surface area contributed by atoms with Crippen LogP contribution in [0.15, 0.2) is 73.3 Å². The Labute approximate surface area is 144 Å². The van der Waals surface area contributed by atoms with E-state index in [9.17, 15) is 4.79 Å². The highest BCUT2D eigenvalue weighted by molar-refractivity contribution is 5.94. The third-order valence-corrected chi connectivity index (χ3v) is 4.97. The van der Waals surface area contributed by atoms with Crippen LogP contribution in [-0.2, 0) is 6.42 Å². The fraction of sp³-hybridized carbons (Fsp3) is 0.318. The normalized spacial score (nSPS) is 20.6. The first kappa shape index (κ1) is 16.5. The molecule has 0 spiro atoms. The van der Waals surface area contributed by atoms with Gasteiger partial charge in [-0.1, -0.05) is 54.6 Å². The fourth-order valence-corrected chi connectivity index (χ4v) is 3.86. The Hall–Kier alpha value is -2.35. The molecular weight excluding hydrogens is 294 g/mol. The fourth-order valence-electron chi connectivity index (χ4n) is 3.86. The molecule has 1 heterocycles. The lowest BCUT2D eigenvalue weighted by Gasteiger charge is -2.43. The van der Waals surface area contributed by atoms with E-state index in [-0.39, 0.29) is 11.3 Å². The van der Waals surface area contributed by atoms with Crippen LogP contribution >= 0.6 is 0 Å². The summed E-state index contributed by atoms with van der Waals surface area (Å²) in [5.41, 5.74) is 2.23. The third kappa shape index (κ3) is 3.76. The number of piperidine rings is 1. The highest BCUT2D eigenvalue weighted by atomic mass is 16.2. The summed E-state index contributed by atoms with van der Waals surface area (Å²) in [5.74, 6) is 0.150. The van der Waals surface area contributed by atoms with E-state index in [4.69, 9.17) is 0 Å². The monoisotopic (exact) mass is 319 g/mol. The molecule has 1 aliphatic heterocycles. The van der Waals surface area contributed by atoms with Gasteiger partial charge in [0.15, 0.2) is 0 Å². The van der Waals surface area contributed by atoms with E-state index >= 15 is 0 Å². The number of hydrogen-bond donors (Lipinski definition) is 0. The Kier molecular flexibility index (Phi) is 5.14. The predicted octanol–water partition coefficient (Wildman–Crippen LogP) is 4.73. The summed E-state index contributed by atoms with van der Waals surface area (Å²) >= 11 is 0. The molecule has 0 saturated carbocycles. The van der Waals surface area contributed by atoms with Gasteiger partial charge in [-0.05, 0) is 48.8 Å². The number of carbonyl (C=O) groups excluding carboxylic acids is 1. The molecule has 1 amide bonds. The molecule has 2 aromatic carbocycles. The van der Waals surface area contributed by atoms with Crippen molar-refractivity contribution in [3.63, 3.8) is 0 Å². The second kappa shape index (κ2) is 7.48. The van der Waals surface area contributed by atoms with Crippen LogP contribution in [0, 0.1) is 5.41 Å². The van der Waals surface area contributed by atoms with Gasteiger partial charge in [-0.2, -0.15) is 0 Å². The van der Waals surface area contributed by atoms with Crippen LogP contribution in [0.4, 0.5) is 0 Å². The zero-order chi connectivity index (χ0) is 16.8. The van der Waals surface area contributed by atoms with Crippen LogP contribution in [0.2, 0.25) is 0 Å². The van der Waals surface area contributed by atoms with Gasteiger partial charge in [0.1, 0.15) is 0 Å². The molecule has 0 aliphatic carbocycles. The van der Waals surface area contributed by atoms with Gasteiger partial charge >= 0.3 is 0 Å². The first-order chi connectivity index (χ1) is 11.7. The maximum atomic E-state index is 12.8. The molecule has 124 valence electrons. The SMILES string of the molecule is C=CC[C@]1(Cc2ccccc2)CCCN(C(=O)c2ccccc2)C1. The van der Waals surface area contributed by atoms with Crippen LogP contribution in [0.1, 0.15) is 35.2 Å². The Morgan fingerprint density at radius 2 is 1.75 bits per heavy atom. The number of nitrogens with zero attached hydrogens (tertiary/aromatic N) is 1. The van der Waals surface area contributed by atoms with Crippen LogP contribution < -0.4 is 0 Å². The smallest absolute Gasteiger partial charge is 0.253 e. The van der Waals surface area contributed by atoms with Crippen molar-refractivity contribution >= 4 is 5.91 Å². The number of likely N-dealkylation sites (tertiary alicyclic amines) is 1. The molecule has 0 bridgehead atoms. The first-order valence-electron chi connectivity index (χ1n) is 8.72. The second-order valence-electron chi connectivity index (χ2n) is 6.85. The Balaban J connectivity index is 1.80. The Morgan fingerprint density at radius 1 is 1.08 bits per heavy atom. The van der Waals surface area contributed by atoms with E-state index in [1.54, 1.807) is 0 Å². The average molecular weight is 319 g/mol. The van der Waals surface area contributed by atoms with E-state index in [0.29, 0.717) is 0 Å². The molecule has 1 fully saturated rings. The minimum Gasteiger partial charge on any atom is -0.338 e. The molecule has 2 aromatic rings. The van der Waals surface area contributed by atoms with Crippen molar-refractivity contribution in [1.29, 1.82) is 0 Å². The van der Waals surface area contributed by atoms with Gasteiger partial charge in [-0.15, -0.1) is 6.58 Å². The maximum Gasteiger partial charge on any atom is 0.253 e. The number of benzene rings is 2. The summed E-state index contributed by atoms with van der Waals surface area (Å²) in [6.45, 7) is 5.62. The minimum absolute atomic E-state index is 0.103. The lowest BCUT2D eigenvalue weighted by atomic mass is 9.72. The summed E-state index contributed by atoms with van der Waals surface area (Å²) in [7, 11) is 0. The molecule has 0 radical (unpaired) electrons. The van der Waals surface area contributed by atoms with E-state index in [0.717, 1.165) is 44.3 Å². The molecule has 0 aromatic heterocycles. The van der Waals surface area contributed by atoms with Crippen LogP contribution in [0.25, 0.3) is 0 Å². The minimum atomic E-state index is 0.103. The molecule has 2 nitrogen and oxygen atoms in total. The number of amides is 1. The van der Waals surface area contributed by atoms with Gasteiger partial charge in [0.05, 0.1) is 0 Å². The molecule has 1 atom stereocenters. The number of rotatable bonds is 5. The molecule has 1 saturated heterocycles. The summed E-state index contributed by atoms with van der Waals surface area (Å²) in [5, 5.41) is 0. The highest BCUT2D eigenvalue weighted by Gasteiger charge is 2.36. The third-order valence-electron chi connectivity index (χ3n) is 4.97. The zero-order valence-electron chi connectivity index (χ0n) is 14.2. The van der Waals surface area contributed by atoms with Crippen LogP contribution in [-0.4, -0.2) is 23.9 Å². The Morgan fingerprint density at radius 3 is 2.42 bits per heavy atom. The lowest BCUT2D eigenvalue weighted by molar-refractivity contribution is 0.0516. The summed E-state index contributed by atoms with van der Waals surface area (Å²) < 4.78 is 0.